The molecule has 0 saturated heterocycles. The van der Waals surface area contributed by atoms with E-state index in [2.05, 4.69) is 13.8 Å². The van der Waals surface area contributed by atoms with Crippen LogP contribution in [-0.4, -0.2) is 12.3 Å². The molecule has 0 amide bonds. The molecule has 0 aliphatic rings. The first-order valence-corrected chi connectivity index (χ1v) is 11.6. The average Bonchev–Trinajstić information content (AvgIpc) is 2.58. The Hall–Kier alpha value is -0.490. The first-order chi connectivity index (χ1) is 11.7. The summed E-state index contributed by atoms with van der Waals surface area (Å²) in [5, 5.41) is 0.660. The van der Waals surface area contributed by atoms with Crippen LogP contribution in [0.15, 0.2) is 18.2 Å². The second-order valence-corrected chi connectivity index (χ2v) is 9.22. The van der Waals surface area contributed by atoms with Crippen LogP contribution in [0, 0.1) is 11.6 Å². The van der Waals surface area contributed by atoms with E-state index < -0.39 is 7.92 Å². The largest absolute Gasteiger partial charge is 0.207 e. The lowest BCUT2D eigenvalue weighted by atomic mass is 10.1. The second-order valence-electron chi connectivity index (χ2n) is 6.76. The van der Waals surface area contributed by atoms with Gasteiger partial charge in [0.15, 0.2) is 0 Å². The van der Waals surface area contributed by atoms with E-state index in [9.17, 15) is 8.78 Å². The highest BCUT2D eigenvalue weighted by Crippen LogP contribution is 2.38. The molecule has 0 aliphatic carbocycles. The number of unbranched alkanes of at least 4 members (excludes halogenated alkanes) is 9. The molecule has 1 aromatic carbocycles. The van der Waals surface area contributed by atoms with Crippen LogP contribution in [0.3, 0.4) is 0 Å². The van der Waals surface area contributed by atoms with Crippen LogP contribution in [0.5, 0.6) is 0 Å². The van der Waals surface area contributed by atoms with Crippen LogP contribution in [0.1, 0.15) is 84.5 Å². The van der Waals surface area contributed by atoms with Crippen molar-refractivity contribution in [3.63, 3.8) is 0 Å². The molecule has 0 heterocycles. The van der Waals surface area contributed by atoms with Gasteiger partial charge in [0, 0.05) is 5.30 Å². The number of hydrogen-bond donors (Lipinski definition) is 0. The van der Waals surface area contributed by atoms with Gasteiger partial charge < -0.3 is 0 Å². The highest BCUT2D eigenvalue weighted by Gasteiger charge is 2.15. The number of benzene rings is 1. The Morgan fingerprint density at radius 3 is 1.79 bits per heavy atom. The molecule has 0 aromatic heterocycles. The van der Waals surface area contributed by atoms with Crippen molar-refractivity contribution >= 4 is 13.2 Å². The number of rotatable bonds is 14. The molecule has 1 unspecified atom stereocenters. The van der Waals surface area contributed by atoms with E-state index in [1.165, 1.54) is 76.0 Å². The molecule has 3 heteroatoms. The molecular formula is C21H35F2P. The Labute approximate surface area is 149 Å². The number of hydrogen-bond acceptors (Lipinski definition) is 0. The van der Waals surface area contributed by atoms with E-state index in [0.717, 1.165) is 25.2 Å². The summed E-state index contributed by atoms with van der Waals surface area (Å²) < 4.78 is 27.7. The van der Waals surface area contributed by atoms with Crippen LogP contribution in [0.2, 0.25) is 0 Å². The number of halogens is 2. The SMILES string of the molecule is CCCCCCCCCP(CCCCCC)c1cc(F)ccc1F. The quantitative estimate of drug-likeness (QED) is 0.240. The summed E-state index contributed by atoms with van der Waals surface area (Å²) in [6.07, 6.45) is 15.8. The van der Waals surface area contributed by atoms with E-state index in [4.69, 9.17) is 0 Å². The van der Waals surface area contributed by atoms with E-state index in [-0.39, 0.29) is 11.6 Å². The molecule has 0 radical (unpaired) electrons. The molecule has 0 saturated carbocycles. The van der Waals surface area contributed by atoms with Crippen LogP contribution in [-0.2, 0) is 0 Å². The van der Waals surface area contributed by atoms with E-state index in [0.29, 0.717) is 5.30 Å². The zero-order valence-electron chi connectivity index (χ0n) is 15.6. The third kappa shape index (κ3) is 9.11. The summed E-state index contributed by atoms with van der Waals surface area (Å²) in [7, 11) is -0.552. The van der Waals surface area contributed by atoms with Crippen LogP contribution in [0.25, 0.3) is 0 Å². The van der Waals surface area contributed by atoms with Gasteiger partial charge in [0.05, 0.1) is 0 Å². The predicted octanol–water partition coefficient (Wildman–Crippen LogP) is 7.40. The molecule has 0 aliphatic heterocycles. The van der Waals surface area contributed by atoms with Gasteiger partial charge in [-0.05, 0) is 43.4 Å². The smallest absolute Gasteiger partial charge is 0.131 e. The molecule has 1 atom stereocenters. The maximum Gasteiger partial charge on any atom is 0.131 e. The maximum atomic E-state index is 14.2. The fraction of sp³-hybridized carbons (Fsp3) is 0.714. The van der Waals surface area contributed by atoms with Gasteiger partial charge in [-0.2, -0.15) is 0 Å². The lowest BCUT2D eigenvalue weighted by Crippen LogP contribution is -2.12. The molecule has 24 heavy (non-hydrogen) atoms. The molecular weight excluding hydrogens is 321 g/mol. The van der Waals surface area contributed by atoms with E-state index >= 15 is 0 Å². The minimum atomic E-state index is -0.552. The molecule has 1 aromatic rings. The van der Waals surface area contributed by atoms with Crippen molar-refractivity contribution < 1.29 is 8.78 Å². The summed E-state index contributed by atoms with van der Waals surface area (Å²) in [6, 6.07) is 3.98. The third-order valence-corrected chi connectivity index (χ3v) is 7.30. The molecule has 1 rings (SSSR count). The van der Waals surface area contributed by atoms with Crippen LogP contribution >= 0.6 is 7.92 Å². The van der Waals surface area contributed by atoms with Gasteiger partial charge in [-0.1, -0.05) is 79.6 Å². The van der Waals surface area contributed by atoms with Gasteiger partial charge in [0.25, 0.3) is 0 Å². The van der Waals surface area contributed by atoms with E-state index in [1.54, 1.807) is 0 Å². The van der Waals surface area contributed by atoms with Gasteiger partial charge in [0.2, 0.25) is 0 Å². The average molecular weight is 356 g/mol. The predicted molar refractivity (Wildman–Crippen MR) is 105 cm³/mol. The van der Waals surface area contributed by atoms with E-state index in [1.807, 2.05) is 0 Å². The summed E-state index contributed by atoms with van der Waals surface area (Å²) in [5.74, 6) is -0.507. The first-order valence-electron chi connectivity index (χ1n) is 9.89. The summed E-state index contributed by atoms with van der Waals surface area (Å²) in [4.78, 5) is 0. The Morgan fingerprint density at radius 2 is 1.21 bits per heavy atom. The van der Waals surface area contributed by atoms with Crippen molar-refractivity contribution in [1.29, 1.82) is 0 Å². The molecule has 0 nitrogen and oxygen atoms in total. The topological polar surface area (TPSA) is 0 Å². The Morgan fingerprint density at radius 1 is 0.708 bits per heavy atom. The van der Waals surface area contributed by atoms with Gasteiger partial charge in [0.1, 0.15) is 11.6 Å². The van der Waals surface area contributed by atoms with Crippen LogP contribution in [0.4, 0.5) is 8.78 Å². The lowest BCUT2D eigenvalue weighted by molar-refractivity contribution is 0.601. The van der Waals surface area contributed by atoms with Crippen molar-refractivity contribution in [2.45, 2.75) is 84.5 Å². The van der Waals surface area contributed by atoms with Gasteiger partial charge in [-0.15, -0.1) is 0 Å². The van der Waals surface area contributed by atoms with Crippen molar-refractivity contribution in [3.05, 3.63) is 29.8 Å². The normalized spacial score (nSPS) is 12.5. The monoisotopic (exact) mass is 356 g/mol. The Bertz CT molecular complexity index is 434. The van der Waals surface area contributed by atoms with Crippen molar-refractivity contribution in [3.8, 4) is 0 Å². The molecule has 0 fully saturated rings. The highest BCUT2D eigenvalue weighted by atomic mass is 31.1. The van der Waals surface area contributed by atoms with Gasteiger partial charge in [-0.3, -0.25) is 0 Å². The first kappa shape index (κ1) is 21.6. The Balaban J connectivity index is 2.47. The summed E-state index contributed by atoms with van der Waals surface area (Å²) in [5.41, 5.74) is 0. The van der Waals surface area contributed by atoms with Crippen LogP contribution < -0.4 is 5.30 Å². The summed E-state index contributed by atoms with van der Waals surface area (Å²) >= 11 is 0. The fourth-order valence-corrected chi connectivity index (χ4v) is 5.67. The fourth-order valence-electron chi connectivity index (χ4n) is 3.07. The van der Waals surface area contributed by atoms with Gasteiger partial charge in [-0.25, -0.2) is 8.78 Å². The van der Waals surface area contributed by atoms with Crippen molar-refractivity contribution in [2.75, 3.05) is 12.3 Å². The zero-order valence-corrected chi connectivity index (χ0v) is 16.5. The minimum Gasteiger partial charge on any atom is -0.207 e. The molecule has 138 valence electrons. The Kier molecular flexibility index (Phi) is 12.4. The molecule has 0 spiro atoms. The second kappa shape index (κ2) is 13.8. The minimum absolute atomic E-state index is 0.207. The third-order valence-electron chi connectivity index (χ3n) is 4.56. The molecule has 0 bridgehead atoms. The van der Waals surface area contributed by atoms with Gasteiger partial charge >= 0.3 is 0 Å². The maximum absolute atomic E-state index is 14.2. The molecule has 0 N–H and O–H groups in total. The lowest BCUT2D eigenvalue weighted by Gasteiger charge is -2.19. The summed E-state index contributed by atoms with van der Waals surface area (Å²) in [6.45, 7) is 4.44. The standard InChI is InChI=1S/C21H35F2P/c1-3-5-7-9-10-11-13-17-24(16-12-8-6-4-2)21-18-19(22)14-15-20(21)23/h14-15,18H,3-13,16-17H2,1-2H3. The van der Waals surface area contributed by atoms with Crippen molar-refractivity contribution in [2.24, 2.45) is 0 Å². The van der Waals surface area contributed by atoms with Crippen molar-refractivity contribution in [1.82, 2.24) is 0 Å². The zero-order chi connectivity index (χ0) is 17.6. The highest BCUT2D eigenvalue weighted by molar-refractivity contribution is 7.65.